The maximum atomic E-state index is 12.5. The molecule has 10 nitrogen and oxygen atoms in total. The van der Waals surface area contributed by atoms with Crippen LogP contribution in [0, 0.1) is 6.92 Å². The zero-order chi connectivity index (χ0) is 20.8. The molecule has 3 rings (SSSR count). The number of aryl methyl sites for hydroxylation is 1. The van der Waals surface area contributed by atoms with Crippen molar-refractivity contribution in [2.45, 2.75) is 11.3 Å². The molecule has 0 spiro atoms. The number of ether oxygens (including phenoxy) is 2. The lowest BCUT2D eigenvalue weighted by atomic mass is 10.2. The molecule has 2 heterocycles. The molecule has 152 valence electrons. The minimum absolute atomic E-state index is 0.133. The number of benzene rings is 1. The summed E-state index contributed by atoms with van der Waals surface area (Å²) >= 11 is 3.68. The van der Waals surface area contributed by atoms with Crippen molar-refractivity contribution in [1.29, 1.82) is 0 Å². The summed E-state index contributed by atoms with van der Waals surface area (Å²) in [5.74, 6) is 0.530. The third-order valence-corrected chi connectivity index (χ3v) is 6.07. The highest BCUT2D eigenvalue weighted by Crippen LogP contribution is 2.27. The SMILES string of the molecule is COc1cc(OC)cc(C(=O)Nc2nnc(SCC(=O)Nc3nnc(C)s3)s2)c1. The lowest BCUT2D eigenvalue weighted by Crippen LogP contribution is -2.13. The Balaban J connectivity index is 1.56. The van der Waals surface area contributed by atoms with Gasteiger partial charge in [-0.1, -0.05) is 34.4 Å². The lowest BCUT2D eigenvalue weighted by molar-refractivity contribution is -0.113. The maximum Gasteiger partial charge on any atom is 0.257 e. The Hall–Kier alpha value is -2.77. The Morgan fingerprint density at radius 1 is 0.966 bits per heavy atom. The molecule has 2 amide bonds. The molecule has 0 aliphatic rings. The average molecular weight is 453 g/mol. The van der Waals surface area contributed by atoms with Crippen molar-refractivity contribution in [3.63, 3.8) is 0 Å². The minimum atomic E-state index is -0.376. The zero-order valence-corrected chi connectivity index (χ0v) is 18.0. The zero-order valence-electron chi connectivity index (χ0n) is 15.6. The summed E-state index contributed by atoms with van der Waals surface area (Å²) in [6, 6.07) is 4.85. The molecule has 3 aromatic rings. The van der Waals surface area contributed by atoms with Crippen LogP contribution in [0.4, 0.5) is 10.3 Å². The van der Waals surface area contributed by atoms with Crippen molar-refractivity contribution >= 4 is 56.5 Å². The molecule has 0 fully saturated rings. The summed E-state index contributed by atoms with van der Waals surface area (Å²) in [5.41, 5.74) is 0.359. The highest BCUT2D eigenvalue weighted by Gasteiger charge is 2.14. The number of amides is 2. The number of hydrogen-bond donors (Lipinski definition) is 2. The number of carbonyl (C=O) groups is 2. The predicted octanol–water partition coefficient (Wildman–Crippen LogP) is 2.70. The number of rotatable bonds is 8. The topological polar surface area (TPSA) is 128 Å². The monoisotopic (exact) mass is 452 g/mol. The van der Waals surface area contributed by atoms with E-state index in [1.807, 2.05) is 0 Å². The number of aromatic nitrogens is 4. The first-order valence-corrected chi connectivity index (χ1v) is 10.7. The summed E-state index contributed by atoms with van der Waals surface area (Å²) in [6.45, 7) is 1.81. The van der Waals surface area contributed by atoms with Crippen molar-refractivity contribution in [1.82, 2.24) is 20.4 Å². The van der Waals surface area contributed by atoms with Gasteiger partial charge in [-0.2, -0.15) is 0 Å². The molecule has 29 heavy (non-hydrogen) atoms. The van der Waals surface area contributed by atoms with Crippen molar-refractivity contribution in [3.05, 3.63) is 28.8 Å². The van der Waals surface area contributed by atoms with E-state index in [0.29, 0.717) is 31.7 Å². The van der Waals surface area contributed by atoms with Crippen molar-refractivity contribution in [3.8, 4) is 11.5 Å². The van der Waals surface area contributed by atoms with E-state index in [0.717, 1.165) is 5.01 Å². The van der Waals surface area contributed by atoms with Gasteiger partial charge in [0.25, 0.3) is 5.91 Å². The standard InChI is InChI=1S/C16H16N6O4S3/c1-8-19-20-14(28-8)17-12(23)7-27-16-22-21-15(29-16)18-13(24)9-4-10(25-2)6-11(5-9)26-3/h4-6H,7H2,1-3H3,(H,17,20,23)(H,18,21,24). The van der Waals surface area contributed by atoms with Crippen LogP contribution in [0.25, 0.3) is 0 Å². The van der Waals surface area contributed by atoms with Crippen LogP contribution < -0.4 is 20.1 Å². The first-order chi connectivity index (χ1) is 14.0. The van der Waals surface area contributed by atoms with Crippen molar-refractivity contribution in [2.24, 2.45) is 0 Å². The molecule has 0 saturated heterocycles. The molecule has 0 aliphatic carbocycles. The van der Waals surface area contributed by atoms with Crippen LogP contribution in [0.3, 0.4) is 0 Å². The van der Waals surface area contributed by atoms with Gasteiger partial charge < -0.3 is 9.47 Å². The van der Waals surface area contributed by atoms with E-state index in [9.17, 15) is 9.59 Å². The maximum absolute atomic E-state index is 12.5. The van der Waals surface area contributed by atoms with E-state index in [-0.39, 0.29) is 17.6 Å². The summed E-state index contributed by atoms with van der Waals surface area (Å²) in [5, 5.41) is 22.5. The van der Waals surface area contributed by atoms with Gasteiger partial charge in [-0.05, 0) is 19.1 Å². The number of methoxy groups -OCH3 is 2. The Morgan fingerprint density at radius 3 is 2.24 bits per heavy atom. The van der Waals surface area contributed by atoms with Gasteiger partial charge in [-0.3, -0.25) is 20.2 Å². The summed E-state index contributed by atoms with van der Waals surface area (Å²) < 4.78 is 10.9. The van der Waals surface area contributed by atoms with Crippen LogP contribution in [0.5, 0.6) is 11.5 Å². The van der Waals surface area contributed by atoms with Crippen LogP contribution >= 0.6 is 34.4 Å². The van der Waals surface area contributed by atoms with Crippen LogP contribution in [0.15, 0.2) is 22.5 Å². The molecular weight excluding hydrogens is 436 g/mol. The number of hydrogen-bond acceptors (Lipinski definition) is 11. The van der Waals surface area contributed by atoms with E-state index >= 15 is 0 Å². The molecular formula is C16H16N6O4S3. The third kappa shape index (κ3) is 5.85. The predicted molar refractivity (Wildman–Crippen MR) is 111 cm³/mol. The molecule has 0 saturated carbocycles. The van der Waals surface area contributed by atoms with E-state index < -0.39 is 0 Å². The normalized spacial score (nSPS) is 10.4. The summed E-state index contributed by atoms with van der Waals surface area (Å²) in [7, 11) is 3.01. The second kappa shape index (κ2) is 9.62. The summed E-state index contributed by atoms with van der Waals surface area (Å²) in [6.07, 6.45) is 0. The van der Waals surface area contributed by atoms with Gasteiger partial charge in [0.15, 0.2) is 4.34 Å². The first kappa shape index (κ1) is 21.0. The molecule has 0 aliphatic heterocycles. The third-order valence-electron chi connectivity index (χ3n) is 3.34. The van der Waals surface area contributed by atoms with Crippen LogP contribution in [-0.2, 0) is 4.79 Å². The number of nitrogens with one attached hydrogen (secondary N) is 2. The fraction of sp³-hybridized carbons (Fsp3) is 0.250. The second-order valence-corrected chi connectivity index (χ2v) is 8.77. The quantitative estimate of drug-likeness (QED) is 0.391. The highest BCUT2D eigenvalue weighted by molar-refractivity contribution is 8.01. The van der Waals surface area contributed by atoms with Gasteiger partial charge >= 0.3 is 0 Å². The van der Waals surface area contributed by atoms with Gasteiger partial charge in [-0.25, -0.2) is 0 Å². The molecule has 0 bridgehead atoms. The Labute approximate surface area is 178 Å². The smallest absolute Gasteiger partial charge is 0.257 e. The Bertz CT molecular complexity index is 1000. The molecule has 2 aromatic heterocycles. The van der Waals surface area contributed by atoms with E-state index in [1.54, 1.807) is 25.1 Å². The van der Waals surface area contributed by atoms with E-state index in [2.05, 4.69) is 31.0 Å². The number of thioether (sulfide) groups is 1. The lowest BCUT2D eigenvalue weighted by Gasteiger charge is -2.07. The van der Waals surface area contributed by atoms with Gasteiger partial charge in [0.2, 0.25) is 16.2 Å². The number of nitrogens with zero attached hydrogens (tertiary/aromatic N) is 4. The summed E-state index contributed by atoms with van der Waals surface area (Å²) in [4.78, 5) is 24.4. The molecule has 1 aromatic carbocycles. The van der Waals surface area contributed by atoms with E-state index in [1.165, 1.54) is 48.7 Å². The molecule has 0 atom stereocenters. The molecule has 0 radical (unpaired) electrons. The highest BCUT2D eigenvalue weighted by atomic mass is 32.2. The fourth-order valence-corrected chi connectivity index (χ4v) is 4.21. The van der Waals surface area contributed by atoms with Crippen LogP contribution in [0.1, 0.15) is 15.4 Å². The minimum Gasteiger partial charge on any atom is -0.497 e. The van der Waals surface area contributed by atoms with Gasteiger partial charge in [0.1, 0.15) is 16.5 Å². The van der Waals surface area contributed by atoms with Crippen molar-refractivity contribution < 1.29 is 19.1 Å². The Kier molecular flexibility index (Phi) is 6.95. The number of anilines is 2. The number of carbonyl (C=O) groups excluding carboxylic acids is 2. The fourth-order valence-electron chi connectivity index (χ4n) is 2.06. The second-order valence-electron chi connectivity index (χ2n) is 5.39. The van der Waals surface area contributed by atoms with E-state index in [4.69, 9.17) is 9.47 Å². The van der Waals surface area contributed by atoms with Gasteiger partial charge in [0, 0.05) is 11.6 Å². The van der Waals surface area contributed by atoms with Gasteiger partial charge in [-0.15, -0.1) is 20.4 Å². The average Bonchev–Trinajstić information content (AvgIpc) is 3.34. The largest absolute Gasteiger partial charge is 0.497 e. The molecule has 2 N–H and O–H groups in total. The van der Waals surface area contributed by atoms with Crippen molar-refractivity contribution in [2.75, 3.05) is 30.6 Å². The van der Waals surface area contributed by atoms with Crippen LogP contribution in [0.2, 0.25) is 0 Å². The van der Waals surface area contributed by atoms with Gasteiger partial charge in [0.05, 0.1) is 20.0 Å². The Morgan fingerprint density at radius 2 is 1.62 bits per heavy atom. The molecule has 13 heteroatoms. The van der Waals surface area contributed by atoms with Crippen LogP contribution in [-0.4, -0.2) is 52.2 Å². The first-order valence-electron chi connectivity index (χ1n) is 8.07. The molecule has 0 unspecified atom stereocenters.